The van der Waals surface area contributed by atoms with E-state index in [1.807, 2.05) is 4.57 Å². The second-order valence-corrected chi connectivity index (χ2v) is 7.61. The molecule has 4 aliphatic carbocycles. The van der Waals surface area contributed by atoms with Crippen LogP contribution in [-0.4, -0.2) is 30.3 Å². The molecule has 4 saturated carbocycles. The van der Waals surface area contributed by atoms with Gasteiger partial charge in [0.2, 0.25) is 5.28 Å². The maximum absolute atomic E-state index is 12.8. The van der Waals surface area contributed by atoms with Crippen LogP contribution in [0.3, 0.4) is 0 Å². The van der Waals surface area contributed by atoms with Gasteiger partial charge < -0.3 is 5.11 Å². The molecule has 0 amide bonds. The van der Waals surface area contributed by atoms with Crippen LogP contribution in [0.1, 0.15) is 25.7 Å². The van der Waals surface area contributed by atoms with Gasteiger partial charge >= 0.3 is 5.69 Å². The van der Waals surface area contributed by atoms with E-state index in [9.17, 15) is 9.90 Å². The molecule has 116 valence electrons. The van der Waals surface area contributed by atoms with Gasteiger partial charge in [0.05, 0.1) is 17.8 Å². The zero-order valence-corrected chi connectivity index (χ0v) is 13.0. The zero-order chi connectivity index (χ0) is 15.2. The number of aliphatic hydroxyl groups excluding tert-OH is 1. The van der Waals surface area contributed by atoms with Gasteiger partial charge in [-0.05, 0) is 55.0 Å². The second kappa shape index (κ2) is 3.92. The first-order valence-electron chi connectivity index (χ1n) is 7.79. The Kier molecular flexibility index (Phi) is 2.33. The largest absolute Gasteiger partial charge is 0.393 e. The minimum absolute atomic E-state index is 0.0528. The number of nitrogens with zero attached hydrogens (tertiary/aromatic N) is 4. The standard InChI is InChI=1S/C15H17ClN4O2/c1-19-10-6-17-13(16)18-12(10)20(14(19)22)15-3-7-2-8(4-15)11(21)9(7)5-15/h6-9,11,21H,2-5H2,1H3. The van der Waals surface area contributed by atoms with Crippen molar-refractivity contribution >= 4 is 22.8 Å². The number of hydrogen-bond acceptors (Lipinski definition) is 4. The van der Waals surface area contributed by atoms with Gasteiger partial charge in [0, 0.05) is 7.05 Å². The minimum atomic E-state index is -0.203. The lowest BCUT2D eigenvalue weighted by Gasteiger charge is -2.40. The molecule has 22 heavy (non-hydrogen) atoms. The number of aliphatic hydroxyl groups is 1. The number of hydrogen-bond donors (Lipinski definition) is 1. The number of aromatic nitrogens is 4. The molecule has 5 atom stereocenters. The summed E-state index contributed by atoms with van der Waals surface area (Å²) in [7, 11) is 1.75. The van der Waals surface area contributed by atoms with Crippen molar-refractivity contribution in [1.29, 1.82) is 0 Å². The molecule has 0 radical (unpaired) electrons. The zero-order valence-electron chi connectivity index (χ0n) is 12.2. The summed E-state index contributed by atoms with van der Waals surface area (Å²) in [5.41, 5.74) is 1.09. The van der Waals surface area contributed by atoms with Crippen LogP contribution in [-0.2, 0) is 12.6 Å². The fraction of sp³-hybridized carbons (Fsp3) is 0.667. The Morgan fingerprint density at radius 2 is 2.14 bits per heavy atom. The normalized spacial score (nSPS) is 39.2. The first-order valence-corrected chi connectivity index (χ1v) is 8.16. The smallest absolute Gasteiger partial charge is 0.330 e. The Morgan fingerprint density at radius 3 is 2.86 bits per heavy atom. The van der Waals surface area contributed by atoms with E-state index in [1.54, 1.807) is 17.8 Å². The molecule has 4 fully saturated rings. The molecule has 0 saturated heterocycles. The highest BCUT2D eigenvalue weighted by molar-refractivity contribution is 6.28. The van der Waals surface area contributed by atoms with Gasteiger partial charge in [0.15, 0.2) is 5.65 Å². The van der Waals surface area contributed by atoms with E-state index in [4.69, 9.17) is 11.6 Å². The van der Waals surface area contributed by atoms with E-state index in [2.05, 4.69) is 9.97 Å². The van der Waals surface area contributed by atoms with Crippen molar-refractivity contribution in [1.82, 2.24) is 19.1 Å². The number of halogens is 1. The van der Waals surface area contributed by atoms with Gasteiger partial charge in [-0.15, -0.1) is 0 Å². The van der Waals surface area contributed by atoms with Crippen LogP contribution in [0.2, 0.25) is 5.28 Å². The summed E-state index contributed by atoms with van der Waals surface area (Å²) in [6.07, 6.45) is 5.22. The average molecular weight is 321 g/mol. The quantitative estimate of drug-likeness (QED) is 0.804. The average Bonchev–Trinajstić information content (AvgIpc) is 2.98. The third kappa shape index (κ3) is 1.38. The summed E-state index contributed by atoms with van der Waals surface area (Å²) < 4.78 is 3.45. The predicted octanol–water partition coefficient (Wildman–Crippen LogP) is 1.29. The molecule has 7 heteroatoms. The van der Waals surface area contributed by atoms with E-state index in [0.717, 1.165) is 25.7 Å². The van der Waals surface area contributed by atoms with Crippen molar-refractivity contribution in [2.45, 2.75) is 37.3 Å². The van der Waals surface area contributed by atoms with E-state index < -0.39 is 0 Å². The van der Waals surface area contributed by atoms with Crippen LogP contribution in [0.25, 0.3) is 11.2 Å². The maximum Gasteiger partial charge on any atom is 0.330 e. The molecular weight excluding hydrogens is 304 g/mol. The Labute approximate surface area is 131 Å². The fourth-order valence-electron chi connectivity index (χ4n) is 5.51. The lowest BCUT2D eigenvalue weighted by Crippen LogP contribution is -2.46. The van der Waals surface area contributed by atoms with Crippen molar-refractivity contribution in [2.75, 3.05) is 0 Å². The molecule has 0 aromatic carbocycles. The van der Waals surface area contributed by atoms with Crippen molar-refractivity contribution in [3.8, 4) is 0 Å². The molecule has 1 N–H and O–H groups in total. The van der Waals surface area contributed by atoms with Gasteiger partial charge in [0.1, 0.15) is 5.52 Å². The molecule has 0 aliphatic heterocycles. The van der Waals surface area contributed by atoms with Crippen LogP contribution in [0, 0.1) is 17.8 Å². The molecular formula is C15H17ClN4O2. The summed E-state index contributed by atoms with van der Waals surface area (Å²) >= 11 is 5.96. The van der Waals surface area contributed by atoms with E-state index >= 15 is 0 Å². The highest BCUT2D eigenvalue weighted by Gasteiger charge is 2.61. The molecule has 5 unspecified atom stereocenters. The molecule has 2 aromatic heterocycles. The Bertz CT molecular complexity index is 855. The van der Waals surface area contributed by atoms with Gasteiger partial charge in [-0.1, -0.05) is 0 Å². The van der Waals surface area contributed by atoms with E-state index in [1.165, 1.54) is 0 Å². The number of rotatable bonds is 1. The lowest BCUT2D eigenvalue weighted by molar-refractivity contribution is 0.0222. The Morgan fingerprint density at radius 1 is 1.36 bits per heavy atom. The lowest BCUT2D eigenvalue weighted by atomic mass is 9.74. The molecule has 2 heterocycles. The molecule has 4 bridgehead atoms. The third-order valence-corrected chi connectivity index (χ3v) is 6.46. The number of fused-ring (bicyclic) bond motifs is 1. The molecule has 2 aromatic rings. The Balaban J connectivity index is 1.77. The topological polar surface area (TPSA) is 72.9 Å². The van der Waals surface area contributed by atoms with E-state index in [-0.39, 0.29) is 22.6 Å². The van der Waals surface area contributed by atoms with Gasteiger partial charge in [-0.25, -0.2) is 9.78 Å². The summed E-state index contributed by atoms with van der Waals surface area (Å²) in [6, 6.07) is 0. The van der Waals surface area contributed by atoms with Gasteiger partial charge in [0.25, 0.3) is 0 Å². The van der Waals surface area contributed by atoms with Gasteiger partial charge in [-0.2, -0.15) is 4.98 Å². The van der Waals surface area contributed by atoms with Crippen LogP contribution >= 0.6 is 11.6 Å². The summed E-state index contributed by atoms with van der Waals surface area (Å²) in [6.45, 7) is 0. The number of aryl methyl sites for hydroxylation is 1. The summed E-state index contributed by atoms with van der Waals surface area (Å²) in [5, 5.41) is 10.5. The van der Waals surface area contributed by atoms with Gasteiger partial charge in [-0.3, -0.25) is 9.13 Å². The Hall–Kier alpha value is -1.40. The fourth-order valence-corrected chi connectivity index (χ4v) is 5.64. The van der Waals surface area contributed by atoms with Crippen LogP contribution in [0.15, 0.2) is 11.0 Å². The third-order valence-electron chi connectivity index (χ3n) is 6.28. The van der Waals surface area contributed by atoms with Crippen molar-refractivity contribution in [2.24, 2.45) is 24.8 Å². The first-order chi connectivity index (χ1) is 10.5. The van der Waals surface area contributed by atoms with E-state index in [0.29, 0.717) is 28.9 Å². The minimum Gasteiger partial charge on any atom is -0.393 e. The van der Waals surface area contributed by atoms with Crippen molar-refractivity contribution in [3.05, 3.63) is 22.0 Å². The molecule has 0 spiro atoms. The maximum atomic E-state index is 12.8. The molecule has 4 aliphatic rings. The SMILES string of the molecule is Cn1c(=O)n(C23CC4CC(C2)C(C3)C4O)c2nc(Cl)ncc21. The van der Waals surface area contributed by atoms with Crippen LogP contribution < -0.4 is 5.69 Å². The second-order valence-electron chi connectivity index (χ2n) is 7.27. The summed E-state index contributed by atoms with van der Waals surface area (Å²) in [5.74, 6) is 1.18. The molecule has 6 rings (SSSR count). The highest BCUT2D eigenvalue weighted by Crippen LogP contribution is 2.63. The van der Waals surface area contributed by atoms with Crippen LogP contribution in [0.5, 0.6) is 0 Å². The van der Waals surface area contributed by atoms with Crippen LogP contribution in [0.4, 0.5) is 0 Å². The monoisotopic (exact) mass is 320 g/mol. The van der Waals surface area contributed by atoms with Crippen molar-refractivity contribution in [3.63, 3.8) is 0 Å². The highest BCUT2D eigenvalue weighted by atomic mass is 35.5. The first kappa shape index (κ1) is 13.1. The number of imidazole rings is 1. The predicted molar refractivity (Wildman–Crippen MR) is 80.7 cm³/mol. The van der Waals surface area contributed by atoms with Crippen molar-refractivity contribution < 1.29 is 5.11 Å². The summed E-state index contributed by atoms with van der Waals surface area (Å²) in [4.78, 5) is 21.2. The molecule has 6 nitrogen and oxygen atoms in total.